The molecule has 0 bridgehead atoms. The summed E-state index contributed by atoms with van der Waals surface area (Å²) in [4.78, 5) is 27.2. The molecule has 7 nitrogen and oxygen atoms in total. The topological polar surface area (TPSA) is 70.1 Å². The predicted octanol–water partition coefficient (Wildman–Crippen LogP) is 2.07. The lowest BCUT2D eigenvalue weighted by atomic mass is 9.95. The van der Waals surface area contributed by atoms with E-state index >= 15 is 0 Å². The summed E-state index contributed by atoms with van der Waals surface area (Å²) >= 11 is 1.77. The summed E-state index contributed by atoms with van der Waals surface area (Å²) in [6.45, 7) is 9.52. The molecule has 9 heteroatoms. The number of carbonyl (C=O) groups excluding carboxylic acids is 1. The fraction of sp³-hybridized carbons (Fsp3) is 0.737. The zero-order chi connectivity index (χ0) is 19.2. The summed E-state index contributed by atoms with van der Waals surface area (Å²) in [6.07, 6.45) is 2.75. The monoisotopic (exact) mass is 521 g/mol. The van der Waals surface area contributed by atoms with E-state index in [1.807, 2.05) is 11.9 Å². The first kappa shape index (κ1) is 23.3. The van der Waals surface area contributed by atoms with Gasteiger partial charge in [0.25, 0.3) is 0 Å². The highest BCUT2D eigenvalue weighted by molar-refractivity contribution is 14.0. The number of piperidine rings is 1. The summed E-state index contributed by atoms with van der Waals surface area (Å²) in [7, 11) is 1.83. The third kappa shape index (κ3) is 6.03. The maximum Gasteiger partial charge on any atom is 0.225 e. The lowest BCUT2D eigenvalue weighted by Gasteiger charge is -2.36. The lowest BCUT2D eigenvalue weighted by Crippen LogP contribution is -2.50. The molecule has 158 valence electrons. The van der Waals surface area contributed by atoms with E-state index in [-0.39, 0.29) is 29.9 Å². The van der Waals surface area contributed by atoms with Crippen LogP contribution in [0.1, 0.15) is 28.4 Å². The van der Waals surface area contributed by atoms with Crippen LogP contribution >= 0.6 is 35.3 Å². The molecule has 0 unspecified atom stereocenters. The number of likely N-dealkylation sites (tertiary alicyclic amines) is 1. The summed E-state index contributed by atoms with van der Waals surface area (Å²) in [5.41, 5.74) is 1.14. The quantitative estimate of drug-likeness (QED) is 0.374. The Balaban J connectivity index is 0.00000280. The summed E-state index contributed by atoms with van der Waals surface area (Å²) in [5, 5.41) is 4.60. The maximum absolute atomic E-state index is 12.7. The molecular weight excluding hydrogens is 489 g/mol. The van der Waals surface area contributed by atoms with E-state index < -0.39 is 0 Å². The van der Waals surface area contributed by atoms with Crippen LogP contribution in [0, 0.1) is 19.8 Å². The van der Waals surface area contributed by atoms with Gasteiger partial charge in [0.15, 0.2) is 5.96 Å². The molecule has 0 spiro atoms. The van der Waals surface area contributed by atoms with Crippen molar-refractivity contribution >= 4 is 47.2 Å². The van der Waals surface area contributed by atoms with E-state index in [4.69, 9.17) is 4.74 Å². The highest BCUT2D eigenvalue weighted by Gasteiger charge is 2.30. The van der Waals surface area contributed by atoms with E-state index in [0.29, 0.717) is 19.1 Å². The Hall–Kier alpha value is -0.940. The van der Waals surface area contributed by atoms with Crippen molar-refractivity contribution in [1.29, 1.82) is 0 Å². The molecule has 0 radical (unpaired) electrons. The minimum atomic E-state index is 0. The number of hydrogen-bond donors (Lipinski definition) is 1. The van der Waals surface area contributed by atoms with Crippen molar-refractivity contribution in [2.45, 2.75) is 33.1 Å². The van der Waals surface area contributed by atoms with Gasteiger partial charge in [-0.2, -0.15) is 0 Å². The number of ether oxygens (including phenoxy) is 1. The van der Waals surface area contributed by atoms with Crippen molar-refractivity contribution in [3.05, 3.63) is 15.6 Å². The molecule has 0 atom stereocenters. The second-order valence-corrected chi connectivity index (χ2v) is 8.45. The number of hydrogen-bond acceptors (Lipinski definition) is 5. The lowest BCUT2D eigenvalue weighted by molar-refractivity contribution is -0.140. The van der Waals surface area contributed by atoms with Crippen molar-refractivity contribution in [1.82, 2.24) is 20.1 Å². The SMILES string of the molecule is CN=C(NCCc1sc(C)nc1C)N1CCC(C(=O)N2CCOCC2)CC1.I. The Morgan fingerprint density at radius 1 is 1.21 bits per heavy atom. The molecule has 0 aromatic carbocycles. The zero-order valence-electron chi connectivity index (χ0n) is 17.1. The summed E-state index contributed by atoms with van der Waals surface area (Å²) in [5.74, 6) is 1.38. The number of halogens is 1. The van der Waals surface area contributed by atoms with Gasteiger partial charge in [-0.15, -0.1) is 35.3 Å². The number of morpholine rings is 1. The molecule has 2 fully saturated rings. The van der Waals surface area contributed by atoms with Crippen LogP contribution in [0.5, 0.6) is 0 Å². The molecule has 1 amide bonds. The van der Waals surface area contributed by atoms with E-state index in [1.54, 1.807) is 11.3 Å². The summed E-state index contributed by atoms with van der Waals surface area (Å²) < 4.78 is 5.35. The number of amides is 1. The van der Waals surface area contributed by atoms with Crippen molar-refractivity contribution in [3.8, 4) is 0 Å². The first-order valence-electron chi connectivity index (χ1n) is 9.83. The Kier molecular flexibility index (Phi) is 9.42. The second-order valence-electron chi connectivity index (χ2n) is 7.16. The number of aryl methyl sites for hydroxylation is 2. The number of thiazole rings is 1. The first-order chi connectivity index (χ1) is 13.1. The van der Waals surface area contributed by atoms with Gasteiger partial charge < -0.3 is 19.9 Å². The minimum absolute atomic E-state index is 0. The molecule has 28 heavy (non-hydrogen) atoms. The number of guanidine groups is 1. The smallest absolute Gasteiger partial charge is 0.225 e. The number of rotatable bonds is 4. The number of aromatic nitrogens is 1. The van der Waals surface area contributed by atoms with Gasteiger partial charge in [-0.3, -0.25) is 9.79 Å². The largest absolute Gasteiger partial charge is 0.378 e. The average Bonchev–Trinajstić information content (AvgIpc) is 3.02. The highest BCUT2D eigenvalue weighted by atomic mass is 127. The Bertz CT molecular complexity index is 667. The molecule has 3 heterocycles. The number of nitrogens with zero attached hydrogens (tertiary/aromatic N) is 4. The minimum Gasteiger partial charge on any atom is -0.378 e. The molecular formula is C19H32IN5O2S. The van der Waals surface area contributed by atoms with E-state index in [1.165, 1.54) is 4.88 Å². The van der Waals surface area contributed by atoms with Crippen molar-refractivity contribution < 1.29 is 9.53 Å². The van der Waals surface area contributed by atoms with E-state index in [2.05, 4.69) is 34.0 Å². The van der Waals surface area contributed by atoms with Crippen molar-refractivity contribution in [2.75, 3.05) is 53.0 Å². The number of carbonyl (C=O) groups is 1. The molecule has 1 N–H and O–H groups in total. The van der Waals surface area contributed by atoms with Crippen LogP contribution in [-0.2, 0) is 16.0 Å². The average molecular weight is 521 g/mol. The van der Waals surface area contributed by atoms with Gasteiger partial charge in [-0.25, -0.2) is 4.98 Å². The van der Waals surface area contributed by atoms with Gasteiger partial charge >= 0.3 is 0 Å². The Morgan fingerprint density at radius 3 is 2.46 bits per heavy atom. The number of nitrogens with one attached hydrogen (secondary N) is 1. The van der Waals surface area contributed by atoms with Crippen LogP contribution in [0.15, 0.2) is 4.99 Å². The molecule has 2 aliphatic rings. The van der Waals surface area contributed by atoms with Crippen LogP contribution in [0.25, 0.3) is 0 Å². The molecule has 1 aromatic heterocycles. The van der Waals surface area contributed by atoms with Gasteiger partial charge in [-0.1, -0.05) is 0 Å². The van der Waals surface area contributed by atoms with Gasteiger partial charge in [-0.05, 0) is 26.7 Å². The van der Waals surface area contributed by atoms with E-state index in [9.17, 15) is 4.79 Å². The standard InChI is InChI=1S/C19H31N5O2S.HI/c1-14-17(27-15(2)22-14)4-7-21-19(20-3)24-8-5-16(6-9-24)18(25)23-10-12-26-13-11-23;/h16H,4-13H2,1-3H3,(H,20,21);1H. The fourth-order valence-corrected chi connectivity index (χ4v) is 4.74. The molecule has 3 rings (SSSR count). The third-order valence-corrected chi connectivity index (χ3v) is 6.45. The van der Waals surface area contributed by atoms with Gasteiger partial charge in [0.1, 0.15) is 0 Å². The van der Waals surface area contributed by atoms with E-state index in [0.717, 1.165) is 68.6 Å². The molecule has 2 saturated heterocycles. The van der Waals surface area contributed by atoms with Crippen molar-refractivity contribution in [3.63, 3.8) is 0 Å². The van der Waals surface area contributed by atoms with Crippen LogP contribution in [-0.4, -0.2) is 79.6 Å². The van der Waals surface area contributed by atoms with Crippen molar-refractivity contribution in [2.24, 2.45) is 10.9 Å². The number of aliphatic imine (C=N–C) groups is 1. The van der Waals surface area contributed by atoms with Gasteiger partial charge in [0, 0.05) is 57.0 Å². The highest BCUT2D eigenvalue weighted by Crippen LogP contribution is 2.21. The normalized spacial score (nSPS) is 18.8. The second kappa shape index (κ2) is 11.3. The summed E-state index contributed by atoms with van der Waals surface area (Å²) in [6, 6.07) is 0. The molecule has 1 aromatic rings. The molecule has 2 aliphatic heterocycles. The van der Waals surface area contributed by atoms with Crippen LogP contribution in [0.3, 0.4) is 0 Å². The van der Waals surface area contributed by atoms with Crippen LogP contribution < -0.4 is 5.32 Å². The Morgan fingerprint density at radius 2 is 1.89 bits per heavy atom. The Labute approximate surface area is 189 Å². The van der Waals surface area contributed by atoms with Gasteiger partial charge in [0.05, 0.1) is 23.9 Å². The molecule has 0 aliphatic carbocycles. The van der Waals surface area contributed by atoms with Gasteiger partial charge in [0.2, 0.25) is 5.91 Å². The maximum atomic E-state index is 12.7. The van der Waals surface area contributed by atoms with Crippen LogP contribution in [0.4, 0.5) is 0 Å². The third-order valence-electron chi connectivity index (χ3n) is 5.31. The fourth-order valence-electron chi connectivity index (χ4n) is 3.81. The first-order valence-corrected chi connectivity index (χ1v) is 10.6. The van der Waals surface area contributed by atoms with Crippen LogP contribution in [0.2, 0.25) is 0 Å². The predicted molar refractivity (Wildman–Crippen MR) is 124 cm³/mol. The molecule has 0 saturated carbocycles. The zero-order valence-corrected chi connectivity index (χ0v) is 20.2.